The summed E-state index contributed by atoms with van der Waals surface area (Å²) in [6.07, 6.45) is -5.81. The molecule has 0 aliphatic rings. The number of hydrogen-bond donors (Lipinski definition) is 2. The number of aryl methyl sites for hydroxylation is 2. The molecule has 168 valence electrons. The maximum atomic E-state index is 12.6. The zero-order valence-corrected chi connectivity index (χ0v) is 17.7. The third kappa shape index (κ3) is 6.79. The first-order valence-electron chi connectivity index (χ1n) is 9.04. The summed E-state index contributed by atoms with van der Waals surface area (Å²) in [5.74, 6) is -1.78. The summed E-state index contributed by atoms with van der Waals surface area (Å²) in [6, 6.07) is 8.22. The smallest absolute Gasteiger partial charge is 0.416 e. The highest BCUT2D eigenvalue weighted by Crippen LogP contribution is 2.29. The van der Waals surface area contributed by atoms with Crippen molar-refractivity contribution in [3.8, 4) is 0 Å². The van der Waals surface area contributed by atoms with Crippen LogP contribution < -0.4 is 10.0 Å². The van der Waals surface area contributed by atoms with Gasteiger partial charge in [0.25, 0.3) is 5.91 Å². The Labute approximate surface area is 177 Å². The van der Waals surface area contributed by atoms with E-state index in [1.54, 1.807) is 13.0 Å². The molecule has 1 unspecified atom stereocenters. The lowest BCUT2D eigenvalue weighted by atomic mass is 10.1. The van der Waals surface area contributed by atoms with E-state index in [9.17, 15) is 31.2 Å². The second-order valence-corrected chi connectivity index (χ2v) is 8.53. The number of benzene rings is 2. The van der Waals surface area contributed by atoms with Crippen molar-refractivity contribution < 1.29 is 35.9 Å². The normalized spacial score (nSPS) is 12.8. The summed E-state index contributed by atoms with van der Waals surface area (Å²) >= 11 is 0. The van der Waals surface area contributed by atoms with Crippen LogP contribution in [0.15, 0.2) is 47.4 Å². The lowest BCUT2D eigenvalue weighted by molar-refractivity contribution is -0.151. The minimum absolute atomic E-state index is 0.0171. The Kier molecular flexibility index (Phi) is 7.45. The summed E-state index contributed by atoms with van der Waals surface area (Å²) in [6.45, 7) is 4.12. The van der Waals surface area contributed by atoms with Crippen molar-refractivity contribution in [1.82, 2.24) is 4.72 Å². The lowest BCUT2D eigenvalue weighted by Gasteiger charge is -2.14. The van der Waals surface area contributed by atoms with Crippen LogP contribution in [0, 0.1) is 13.8 Å². The van der Waals surface area contributed by atoms with E-state index in [0.717, 1.165) is 35.4 Å². The minimum atomic E-state index is -4.50. The van der Waals surface area contributed by atoms with Crippen LogP contribution in [-0.4, -0.2) is 32.9 Å². The van der Waals surface area contributed by atoms with Crippen molar-refractivity contribution in [1.29, 1.82) is 0 Å². The monoisotopic (exact) mass is 458 g/mol. The van der Waals surface area contributed by atoms with Gasteiger partial charge in [-0.05, 0) is 68.3 Å². The molecule has 0 saturated heterocycles. The molecule has 0 heterocycles. The fourth-order valence-corrected chi connectivity index (χ4v) is 3.45. The van der Waals surface area contributed by atoms with E-state index in [1.807, 2.05) is 6.92 Å². The van der Waals surface area contributed by atoms with Gasteiger partial charge >= 0.3 is 12.1 Å². The van der Waals surface area contributed by atoms with Gasteiger partial charge in [-0.3, -0.25) is 9.59 Å². The molecular weight excluding hydrogens is 437 g/mol. The highest BCUT2D eigenvalue weighted by Gasteiger charge is 2.30. The topological polar surface area (TPSA) is 102 Å². The van der Waals surface area contributed by atoms with Crippen LogP contribution in [0.1, 0.15) is 23.6 Å². The number of nitrogens with one attached hydrogen (secondary N) is 2. The van der Waals surface area contributed by atoms with Crippen molar-refractivity contribution in [3.05, 3.63) is 59.2 Å². The zero-order chi connectivity index (χ0) is 23.4. The average Bonchev–Trinajstić information content (AvgIpc) is 2.68. The molecule has 0 saturated carbocycles. The number of alkyl halides is 3. The Bertz CT molecular complexity index is 1070. The fourth-order valence-electron chi connectivity index (χ4n) is 2.40. The largest absolute Gasteiger partial charge is 0.452 e. The van der Waals surface area contributed by atoms with Crippen molar-refractivity contribution in [2.45, 2.75) is 37.9 Å². The Morgan fingerprint density at radius 1 is 1.03 bits per heavy atom. The molecule has 1 atom stereocenters. The Balaban J connectivity index is 1.89. The summed E-state index contributed by atoms with van der Waals surface area (Å²) in [5, 5.41) is 2.31. The van der Waals surface area contributed by atoms with Gasteiger partial charge in [0, 0.05) is 5.69 Å². The maximum Gasteiger partial charge on any atom is 0.416 e. The van der Waals surface area contributed by atoms with Crippen LogP contribution in [0.5, 0.6) is 0 Å². The standard InChI is InChI=1S/C20H21F3N2O5S/c1-12-4-9-17(10-13(12)2)31(28,29)24-11-18(26)30-14(3)19(27)25-16-7-5-15(6-8-16)20(21,22)23/h4-10,14,24H,11H2,1-3H3,(H,25,27). The molecule has 2 aromatic rings. The Morgan fingerprint density at radius 3 is 2.19 bits per heavy atom. The van der Waals surface area contributed by atoms with Gasteiger partial charge in [-0.25, -0.2) is 8.42 Å². The number of amides is 1. The number of ether oxygens (including phenoxy) is 1. The van der Waals surface area contributed by atoms with Gasteiger partial charge in [0.1, 0.15) is 6.54 Å². The van der Waals surface area contributed by atoms with Crippen LogP contribution in [0.25, 0.3) is 0 Å². The molecule has 1 amide bonds. The summed E-state index contributed by atoms with van der Waals surface area (Å²) in [5.41, 5.74) is 0.877. The third-order valence-corrected chi connectivity index (χ3v) is 5.75. The second-order valence-electron chi connectivity index (χ2n) is 6.77. The van der Waals surface area contributed by atoms with Crippen LogP contribution in [0.2, 0.25) is 0 Å². The molecular formula is C20H21F3N2O5S. The van der Waals surface area contributed by atoms with Crippen LogP contribution in [0.4, 0.5) is 18.9 Å². The number of hydrogen-bond acceptors (Lipinski definition) is 5. The van der Waals surface area contributed by atoms with Gasteiger partial charge < -0.3 is 10.1 Å². The summed E-state index contributed by atoms with van der Waals surface area (Å²) < 4.78 is 69.2. The Morgan fingerprint density at radius 2 is 1.65 bits per heavy atom. The van der Waals surface area contributed by atoms with E-state index in [1.165, 1.54) is 19.1 Å². The van der Waals surface area contributed by atoms with Crippen LogP contribution in [0.3, 0.4) is 0 Å². The number of halogens is 3. The molecule has 0 aliphatic heterocycles. The van der Waals surface area contributed by atoms with Crippen LogP contribution in [-0.2, 0) is 30.5 Å². The van der Waals surface area contributed by atoms with E-state index in [0.29, 0.717) is 0 Å². The molecule has 0 aliphatic carbocycles. The fraction of sp³-hybridized carbons (Fsp3) is 0.300. The maximum absolute atomic E-state index is 12.6. The first kappa shape index (κ1) is 24.4. The van der Waals surface area contributed by atoms with Gasteiger partial charge in [-0.2, -0.15) is 17.9 Å². The van der Waals surface area contributed by atoms with Crippen molar-refractivity contribution in [2.24, 2.45) is 0 Å². The summed E-state index contributed by atoms with van der Waals surface area (Å²) in [4.78, 5) is 24.0. The van der Waals surface area contributed by atoms with E-state index in [-0.39, 0.29) is 10.6 Å². The number of rotatable bonds is 7. The molecule has 11 heteroatoms. The predicted molar refractivity (Wildman–Crippen MR) is 107 cm³/mol. The first-order valence-corrected chi connectivity index (χ1v) is 10.5. The molecule has 31 heavy (non-hydrogen) atoms. The van der Waals surface area contributed by atoms with E-state index < -0.39 is 46.3 Å². The average molecular weight is 458 g/mol. The van der Waals surface area contributed by atoms with Crippen molar-refractivity contribution in [2.75, 3.05) is 11.9 Å². The molecule has 2 N–H and O–H groups in total. The highest BCUT2D eigenvalue weighted by molar-refractivity contribution is 7.89. The molecule has 2 aromatic carbocycles. The molecule has 7 nitrogen and oxygen atoms in total. The molecule has 0 radical (unpaired) electrons. The van der Waals surface area contributed by atoms with Gasteiger partial charge in [0.2, 0.25) is 10.0 Å². The molecule has 0 bridgehead atoms. The number of anilines is 1. The highest BCUT2D eigenvalue weighted by atomic mass is 32.2. The zero-order valence-electron chi connectivity index (χ0n) is 16.9. The van der Waals surface area contributed by atoms with Crippen molar-refractivity contribution in [3.63, 3.8) is 0 Å². The third-order valence-electron chi connectivity index (χ3n) is 4.35. The van der Waals surface area contributed by atoms with Crippen molar-refractivity contribution >= 4 is 27.6 Å². The number of sulfonamides is 1. The van der Waals surface area contributed by atoms with E-state index in [2.05, 4.69) is 10.0 Å². The predicted octanol–water partition coefficient (Wildman–Crippen LogP) is 3.17. The van der Waals surface area contributed by atoms with E-state index >= 15 is 0 Å². The molecule has 0 spiro atoms. The van der Waals surface area contributed by atoms with Gasteiger partial charge in [-0.15, -0.1) is 0 Å². The van der Waals surface area contributed by atoms with E-state index in [4.69, 9.17) is 4.74 Å². The molecule has 0 fully saturated rings. The Hall–Kier alpha value is -2.92. The SMILES string of the molecule is Cc1ccc(S(=O)(=O)NCC(=O)OC(C)C(=O)Nc2ccc(C(F)(F)F)cc2)cc1C. The quantitative estimate of drug-likeness (QED) is 0.621. The van der Waals surface area contributed by atoms with Gasteiger partial charge in [0.05, 0.1) is 10.5 Å². The number of carbonyl (C=O) groups is 2. The van der Waals surface area contributed by atoms with Crippen LogP contribution >= 0.6 is 0 Å². The molecule has 2 rings (SSSR count). The van der Waals surface area contributed by atoms with Gasteiger partial charge in [-0.1, -0.05) is 6.07 Å². The lowest BCUT2D eigenvalue weighted by Crippen LogP contribution is -2.35. The summed E-state index contributed by atoms with van der Waals surface area (Å²) in [7, 11) is -3.96. The second kappa shape index (κ2) is 9.48. The first-order chi connectivity index (χ1) is 14.3. The molecule has 0 aromatic heterocycles. The minimum Gasteiger partial charge on any atom is -0.452 e. The number of carbonyl (C=O) groups excluding carboxylic acids is 2. The van der Waals surface area contributed by atoms with Gasteiger partial charge in [0.15, 0.2) is 6.10 Å². The number of esters is 1.